The minimum atomic E-state index is -0.653. The predicted octanol–water partition coefficient (Wildman–Crippen LogP) is 1.12. The number of primary amides is 1. The number of allylic oxidation sites excluding steroid dienone is 1. The highest BCUT2D eigenvalue weighted by Gasteiger charge is 2.28. The van der Waals surface area contributed by atoms with Crippen LogP contribution in [-0.4, -0.2) is 25.1 Å². The molecule has 1 unspecified atom stereocenters. The Balaban J connectivity index is 1.99. The van der Waals surface area contributed by atoms with Crippen LogP contribution in [0, 0.1) is 12.0 Å². The molecule has 0 aromatic heterocycles. The van der Waals surface area contributed by atoms with Crippen molar-refractivity contribution in [2.75, 3.05) is 13.1 Å². The number of rotatable bonds is 2. The average molecular weight is 257 g/mol. The van der Waals surface area contributed by atoms with Crippen molar-refractivity contribution in [2.45, 2.75) is 18.9 Å². The lowest BCUT2D eigenvalue weighted by atomic mass is 9.83. The number of carbonyl (C=O) groups is 1. The highest BCUT2D eigenvalue weighted by atomic mass is 16.5. The van der Waals surface area contributed by atoms with Crippen molar-refractivity contribution in [3.8, 4) is 5.75 Å². The fourth-order valence-corrected chi connectivity index (χ4v) is 2.80. The largest absolute Gasteiger partial charge is 0.476 e. The van der Waals surface area contributed by atoms with E-state index in [0.29, 0.717) is 5.92 Å². The lowest BCUT2D eigenvalue weighted by molar-refractivity contribution is -0.122. The zero-order valence-electron chi connectivity index (χ0n) is 10.7. The molecule has 4 heteroatoms. The summed E-state index contributed by atoms with van der Waals surface area (Å²) in [6.07, 6.45) is 3.38. The fraction of sp³-hybridized carbons (Fsp3) is 0.400. The molecule has 2 aliphatic heterocycles. The molecule has 0 saturated carbocycles. The van der Waals surface area contributed by atoms with Crippen LogP contribution in [0.15, 0.2) is 24.3 Å². The topological polar surface area (TPSA) is 64.4 Å². The standard InChI is InChI=1S/C15H17N2O2/c16-15(18)14-9-12(10-5-7-17-8-6-10)11-3-1-2-4-13(11)19-14/h2-4,9-10,14,17H,5-8H2,(H2,16,18). The van der Waals surface area contributed by atoms with Gasteiger partial charge in [0.15, 0.2) is 6.10 Å². The number of amides is 1. The third-order valence-corrected chi connectivity index (χ3v) is 3.78. The minimum absolute atomic E-state index is 0.440. The number of fused-ring (bicyclic) bond motifs is 1. The molecule has 1 amide bonds. The number of piperidine rings is 1. The Bertz CT molecular complexity index is 519. The summed E-state index contributed by atoms with van der Waals surface area (Å²) in [6, 6.07) is 8.65. The van der Waals surface area contributed by atoms with Crippen LogP contribution in [0.1, 0.15) is 18.4 Å². The van der Waals surface area contributed by atoms with Crippen LogP contribution in [0.3, 0.4) is 0 Å². The number of carbonyl (C=O) groups excluding carboxylic acids is 1. The van der Waals surface area contributed by atoms with Crippen LogP contribution in [-0.2, 0) is 4.79 Å². The number of nitrogens with two attached hydrogens (primary N) is 1. The Morgan fingerprint density at radius 1 is 1.42 bits per heavy atom. The second-order valence-electron chi connectivity index (χ2n) is 5.01. The summed E-state index contributed by atoms with van der Waals surface area (Å²) in [5, 5.41) is 3.35. The van der Waals surface area contributed by atoms with Gasteiger partial charge in [0.1, 0.15) is 5.75 Å². The van der Waals surface area contributed by atoms with Crippen molar-refractivity contribution < 1.29 is 9.53 Å². The van der Waals surface area contributed by atoms with Crippen LogP contribution >= 0.6 is 0 Å². The molecule has 19 heavy (non-hydrogen) atoms. The summed E-state index contributed by atoms with van der Waals surface area (Å²) in [6.45, 7) is 2.02. The molecule has 3 rings (SSSR count). The van der Waals surface area contributed by atoms with Crippen molar-refractivity contribution in [1.29, 1.82) is 0 Å². The molecular weight excluding hydrogens is 240 g/mol. The van der Waals surface area contributed by atoms with Gasteiger partial charge in [-0.15, -0.1) is 0 Å². The van der Waals surface area contributed by atoms with Gasteiger partial charge in [-0.05, 0) is 61.7 Å². The maximum atomic E-state index is 11.4. The van der Waals surface area contributed by atoms with Crippen LogP contribution in [0.4, 0.5) is 0 Å². The van der Waals surface area contributed by atoms with E-state index in [1.807, 2.05) is 18.2 Å². The van der Waals surface area contributed by atoms with Gasteiger partial charge < -0.3 is 15.8 Å². The molecule has 1 saturated heterocycles. The number of ether oxygens (including phenoxy) is 1. The predicted molar refractivity (Wildman–Crippen MR) is 72.5 cm³/mol. The van der Waals surface area contributed by atoms with E-state index in [9.17, 15) is 4.79 Å². The molecule has 1 aromatic carbocycles. The van der Waals surface area contributed by atoms with Gasteiger partial charge in [-0.3, -0.25) is 4.79 Å². The average Bonchev–Trinajstić information content (AvgIpc) is 2.47. The highest BCUT2D eigenvalue weighted by molar-refractivity contribution is 5.87. The number of hydrogen-bond acceptors (Lipinski definition) is 3. The first-order chi connectivity index (χ1) is 9.25. The lowest BCUT2D eigenvalue weighted by Gasteiger charge is -2.31. The third-order valence-electron chi connectivity index (χ3n) is 3.78. The van der Waals surface area contributed by atoms with E-state index in [1.165, 1.54) is 5.57 Å². The molecule has 4 nitrogen and oxygen atoms in total. The van der Waals surface area contributed by atoms with E-state index in [4.69, 9.17) is 10.5 Å². The molecule has 0 aliphatic carbocycles. The molecule has 2 aliphatic rings. The van der Waals surface area contributed by atoms with E-state index in [0.717, 1.165) is 37.2 Å². The number of nitrogens with one attached hydrogen (secondary N) is 1. The summed E-state index contributed by atoms with van der Waals surface area (Å²) in [5.41, 5.74) is 7.62. The van der Waals surface area contributed by atoms with Crippen LogP contribution in [0.2, 0.25) is 0 Å². The molecule has 1 aromatic rings. The molecule has 1 radical (unpaired) electrons. The van der Waals surface area contributed by atoms with Crippen LogP contribution in [0.25, 0.3) is 5.57 Å². The van der Waals surface area contributed by atoms with Crippen molar-refractivity contribution in [1.82, 2.24) is 5.32 Å². The Kier molecular flexibility index (Phi) is 3.25. The molecule has 0 spiro atoms. The molecule has 0 bridgehead atoms. The Hall–Kier alpha value is -1.81. The Morgan fingerprint density at radius 2 is 2.21 bits per heavy atom. The molecule has 3 N–H and O–H groups in total. The van der Waals surface area contributed by atoms with Crippen molar-refractivity contribution >= 4 is 11.5 Å². The molecular formula is C15H17N2O2. The van der Waals surface area contributed by atoms with Crippen LogP contribution < -0.4 is 15.8 Å². The zero-order chi connectivity index (χ0) is 13.2. The highest BCUT2D eigenvalue weighted by Crippen LogP contribution is 2.38. The van der Waals surface area contributed by atoms with Crippen molar-refractivity contribution in [3.63, 3.8) is 0 Å². The van der Waals surface area contributed by atoms with Crippen molar-refractivity contribution in [3.05, 3.63) is 35.9 Å². The maximum Gasteiger partial charge on any atom is 0.262 e. The first-order valence-electron chi connectivity index (χ1n) is 6.64. The first-order valence-corrected chi connectivity index (χ1v) is 6.64. The van der Waals surface area contributed by atoms with Gasteiger partial charge in [-0.1, -0.05) is 6.07 Å². The van der Waals surface area contributed by atoms with E-state index in [2.05, 4.69) is 11.4 Å². The summed E-state index contributed by atoms with van der Waals surface area (Å²) < 4.78 is 5.63. The Labute approximate surface area is 112 Å². The summed E-state index contributed by atoms with van der Waals surface area (Å²) in [4.78, 5) is 11.4. The quantitative estimate of drug-likeness (QED) is 0.834. The van der Waals surface area contributed by atoms with E-state index < -0.39 is 12.0 Å². The lowest BCUT2D eigenvalue weighted by Crippen LogP contribution is -2.36. The second-order valence-corrected chi connectivity index (χ2v) is 5.01. The van der Waals surface area contributed by atoms with Crippen LogP contribution in [0.5, 0.6) is 5.75 Å². The molecule has 99 valence electrons. The van der Waals surface area contributed by atoms with E-state index in [1.54, 1.807) is 6.07 Å². The maximum absolute atomic E-state index is 11.4. The minimum Gasteiger partial charge on any atom is -0.476 e. The smallest absolute Gasteiger partial charge is 0.262 e. The van der Waals surface area contributed by atoms with Gasteiger partial charge in [-0.25, -0.2) is 0 Å². The van der Waals surface area contributed by atoms with Gasteiger partial charge in [-0.2, -0.15) is 0 Å². The monoisotopic (exact) mass is 257 g/mol. The SMILES string of the molecule is NC(=O)C1C=C(C2CCNCC2)c2c[c]ccc2O1. The van der Waals surface area contributed by atoms with Gasteiger partial charge in [0.05, 0.1) is 0 Å². The normalized spacial score (nSPS) is 23.2. The number of hydrogen-bond donors (Lipinski definition) is 2. The van der Waals surface area contributed by atoms with Gasteiger partial charge >= 0.3 is 0 Å². The number of benzene rings is 1. The Morgan fingerprint density at radius 3 is 2.95 bits per heavy atom. The third kappa shape index (κ3) is 2.36. The van der Waals surface area contributed by atoms with E-state index in [-0.39, 0.29) is 0 Å². The zero-order valence-corrected chi connectivity index (χ0v) is 10.7. The summed E-state index contributed by atoms with van der Waals surface area (Å²) in [5.74, 6) is 0.755. The van der Waals surface area contributed by atoms with Gasteiger partial charge in [0, 0.05) is 5.56 Å². The first kappa shape index (κ1) is 12.2. The molecule has 2 heterocycles. The molecule has 1 fully saturated rings. The fourth-order valence-electron chi connectivity index (χ4n) is 2.80. The van der Waals surface area contributed by atoms with Crippen molar-refractivity contribution in [2.24, 2.45) is 11.7 Å². The summed E-state index contributed by atoms with van der Waals surface area (Å²) in [7, 11) is 0. The van der Waals surface area contributed by atoms with Gasteiger partial charge in [0.25, 0.3) is 5.91 Å². The second kappa shape index (κ2) is 5.05. The summed E-state index contributed by atoms with van der Waals surface area (Å²) >= 11 is 0. The van der Waals surface area contributed by atoms with Gasteiger partial charge in [0.2, 0.25) is 0 Å². The van der Waals surface area contributed by atoms with E-state index >= 15 is 0 Å². The molecule has 1 atom stereocenters.